The van der Waals surface area contributed by atoms with Crippen LogP contribution >= 0.6 is 7.92 Å². The van der Waals surface area contributed by atoms with Gasteiger partial charge in [-0.1, -0.05) is 67.8 Å². The molecule has 2 nitrogen and oxygen atoms in total. The first-order chi connectivity index (χ1) is 13.9. The van der Waals surface area contributed by atoms with Crippen molar-refractivity contribution in [2.75, 3.05) is 6.35 Å². The Labute approximate surface area is 168 Å². The van der Waals surface area contributed by atoms with Gasteiger partial charge in [0, 0.05) is 10.9 Å². The highest BCUT2D eigenvalue weighted by atomic mass is 31.1. The van der Waals surface area contributed by atoms with E-state index in [0.717, 1.165) is 34.8 Å². The molecular formula is C25H25O2P. The van der Waals surface area contributed by atoms with Crippen molar-refractivity contribution in [3.8, 4) is 28.4 Å². The summed E-state index contributed by atoms with van der Waals surface area (Å²) >= 11 is 0. The van der Waals surface area contributed by atoms with Gasteiger partial charge in [-0.25, -0.2) is 0 Å². The van der Waals surface area contributed by atoms with Crippen LogP contribution in [0.5, 0.6) is 17.2 Å². The van der Waals surface area contributed by atoms with E-state index < -0.39 is 0 Å². The zero-order valence-corrected chi connectivity index (χ0v) is 16.9. The van der Waals surface area contributed by atoms with Gasteiger partial charge in [-0.2, -0.15) is 0 Å². The lowest BCUT2D eigenvalue weighted by Crippen LogP contribution is -2.17. The van der Waals surface area contributed by atoms with E-state index in [1.165, 1.54) is 43.0 Å². The van der Waals surface area contributed by atoms with Crippen molar-refractivity contribution >= 4 is 13.2 Å². The van der Waals surface area contributed by atoms with Crippen molar-refractivity contribution in [1.82, 2.24) is 0 Å². The third-order valence-corrected chi connectivity index (χ3v) is 8.65. The number of hydrogen-bond acceptors (Lipinski definition) is 2. The molecule has 3 heteroatoms. The molecule has 0 radical (unpaired) electrons. The summed E-state index contributed by atoms with van der Waals surface area (Å²) in [5.41, 5.74) is 3.25. The molecule has 1 aliphatic carbocycles. The van der Waals surface area contributed by atoms with Gasteiger partial charge >= 0.3 is 0 Å². The lowest BCUT2D eigenvalue weighted by Gasteiger charge is -2.28. The Balaban J connectivity index is 1.56. The van der Waals surface area contributed by atoms with Crippen LogP contribution in [0.3, 0.4) is 0 Å². The van der Waals surface area contributed by atoms with Gasteiger partial charge in [0.15, 0.2) is 0 Å². The summed E-state index contributed by atoms with van der Waals surface area (Å²) in [5, 5.41) is 1.45. The van der Waals surface area contributed by atoms with E-state index in [9.17, 15) is 0 Å². The first kappa shape index (κ1) is 17.8. The molecule has 3 aromatic carbocycles. The van der Waals surface area contributed by atoms with Crippen LogP contribution in [0.25, 0.3) is 11.1 Å². The zero-order chi connectivity index (χ0) is 18.8. The molecule has 2 aliphatic rings. The van der Waals surface area contributed by atoms with E-state index in [-0.39, 0.29) is 7.92 Å². The fourth-order valence-corrected chi connectivity index (χ4v) is 7.33. The average Bonchev–Trinajstić information content (AvgIpc) is 3.20. The van der Waals surface area contributed by atoms with Gasteiger partial charge in [-0.15, -0.1) is 0 Å². The molecule has 1 heterocycles. The topological polar surface area (TPSA) is 18.5 Å². The molecular weight excluding hydrogens is 363 g/mol. The fourth-order valence-electron chi connectivity index (χ4n) is 4.43. The summed E-state index contributed by atoms with van der Waals surface area (Å²) in [4.78, 5) is 0. The van der Waals surface area contributed by atoms with Crippen molar-refractivity contribution < 1.29 is 9.47 Å². The number of ether oxygens (including phenoxy) is 2. The van der Waals surface area contributed by atoms with E-state index in [0.29, 0.717) is 0 Å². The van der Waals surface area contributed by atoms with Crippen LogP contribution in [0.15, 0.2) is 72.8 Å². The van der Waals surface area contributed by atoms with Crippen LogP contribution < -0.4 is 14.8 Å². The Morgan fingerprint density at radius 2 is 1.50 bits per heavy atom. The maximum Gasteiger partial charge on any atom is 0.135 e. The molecule has 1 atom stereocenters. The second kappa shape index (κ2) is 7.97. The summed E-state index contributed by atoms with van der Waals surface area (Å²) in [6.45, 7) is 0. The Morgan fingerprint density at radius 3 is 2.36 bits per heavy atom. The van der Waals surface area contributed by atoms with Gasteiger partial charge in [0.1, 0.15) is 23.6 Å². The Morgan fingerprint density at radius 1 is 0.750 bits per heavy atom. The molecule has 142 valence electrons. The monoisotopic (exact) mass is 388 g/mol. The molecule has 1 saturated carbocycles. The Bertz CT molecular complexity index is 948. The second-order valence-electron chi connectivity index (χ2n) is 7.60. The normalized spacial score (nSPS) is 19.1. The third kappa shape index (κ3) is 3.42. The van der Waals surface area contributed by atoms with Crippen LogP contribution in [0.2, 0.25) is 0 Å². The van der Waals surface area contributed by atoms with Gasteiger partial charge in [-0.3, -0.25) is 0 Å². The third-order valence-electron chi connectivity index (χ3n) is 5.81. The van der Waals surface area contributed by atoms with E-state index in [2.05, 4.69) is 36.4 Å². The highest BCUT2D eigenvalue weighted by molar-refractivity contribution is 7.67. The molecule has 3 aromatic rings. The molecule has 0 aromatic heterocycles. The minimum Gasteiger partial charge on any atom is -0.488 e. The SMILES string of the molecule is c1ccc(Oc2ccccc2-c2cccc3c2P(C2CCCCC2)CO3)cc1. The zero-order valence-electron chi connectivity index (χ0n) is 16.0. The van der Waals surface area contributed by atoms with Crippen molar-refractivity contribution in [2.24, 2.45) is 0 Å². The highest BCUT2D eigenvalue weighted by Gasteiger charge is 2.34. The molecule has 0 bridgehead atoms. The molecule has 0 amide bonds. The predicted octanol–water partition coefficient (Wildman–Crippen LogP) is 6.94. The minimum absolute atomic E-state index is 0.273. The Hall–Kier alpha value is -2.31. The molecule has 5 rings (SSSR count). The number of benzene rings is 3. The van der Waals surface area contributed by atoms with Gasteiger partial charge in [-0.05, 0) is 56.3 Å². The number of fused-ring (bicyclic) bond motifs is 1. The molecule has 1 fully saturated rings. The van der Waals surface area contributed by atoms with Gasteiger partial charge in [0.2, 0.25) is 0 Å². The van der Waals surface area contributed by atoms with Crippen molar-refractivity contribution in [3.63, 3.8) is 0 Å². The summed E-state index contributed by atoms with van der Waals surface area (Å²) in [6.07, 6.45) is 7.72. The smallest absolute Gasteiger partial charge is 0.135 e. The van der Waals surface area contributed by atoms with Crippen LogP contribution in [0.1, 0.15) is 32.1 Å². The molecule has 1 aliphatic heterocycles. The van der Waals surface area contributed by atoms with Crippen molar-refractivity contribution in [3.05, 3.63) is 72.8 Å². The number of rotatable bonds is 4. The van der Waals surface area contributed by atoms with Gasteiger partial charge < -0.3 is 9.47 Å². The average molecular weight is 388 g/mol. The van der Waals surface area contributed by atoms with Crippen molar-refractivity contribution in [2.45, 2.75) is 37.8 Å². The lowest BCUT2D eigenvalue weighted by molar-refractivity contribution is 0.399. The maximum atomic E-state index is 6.27. The molecule has 1 unspecified atom stereocenters. The Kier molecular flexibility index (Phi) is 5.06. The first-order valence-corrected chi connectivity index (χ1v) is 11.8. The van der Waals surface area contributed by atoms with Crippen LogP contribution in [-0.4, -0.2) is 12.0 Å². The van der Waals surface area contributed by atoms with Gasteiger partial charge in [0.25, 0.3) is 0 Å². The predicted molar refractivity (Wildman–Crippen MR) is 117 cm³/mol. The summed E-state index contributed by atoms with van der Waals surface area (Å²) in [5.74, 6) is 2.87. The van der Waals surface area contributed by atoms with Crippen LogP contribution in [0.4, 0.5) is 0 Å². The fraction of sp³-hybridized carbons (Fsp3) is 0.280. The maximum absolute atomic E-state index is 6.27. The van der Waals surface area contributed by atoms with Crippen molar-refractivity contribution in [1.29, 1.82) is 0 Å². The summed E-state index contributed by atoms with van der Waals surface area (Å²) in [7, 11) is -0.273. The van der Waals surface area contributed by atoms with E-state index >= 15 is 0 Å². The molecule has 28 heavy (non-hydrogen) atoms. The molecule has 0 N–H and O–H groups in total. The van der Waals surface area contributed by atoms with Crippen LogP contribution in [0, 0.1) is 0 Å². The van der Waals surface area contributed by atoms with Gasteiger partial charge in [0.05, 0.1) is 0 Å². The largest absolute Gasteiger partial charge is 0.488 e. The van der Waals surface area contributed by atoms with Crippen LogP contribution in [-0.2, 0) is 0 Å². The minimum atomic E-state index is -0.273. The van der Waals surface area contributed by atoms with E-state index in [1.54, 1.807) is 0 Å². The summed E-state index contributed by atoms with van der Waals surface area (Å²) in [6, 6.07) is 24.9. The van der Waals surface area contributed by atoms with E-state index in [4.69, 9.17) is 9.47 Å². The lowest BCUT2D eigenvalue weighted by atomic mass is 10.0. The second-order valence-corrected chi connectivity index (χ2v) is 9.97. The first-order valence-electron chi connectivity index (χ1n) is 10.2. The number of para-hydroxylation sites is 2. The standard InChI is InChI=1S/C25H25O2P/c1-3-10-19(11-4-1)27-23-16-8-7-14-21(23)22-15-9-17-24-25(22)28(18-26-24)20-12-5-2-6-13-20/h1,3-4,7-11,14-17,20H,2,5-6,12-13,18H2. The summed E-state index contributed by atoms with van der Waals surface area (Å²) < 4.78 is 12.4. The highest BCUT2D eigenvalue weighted by Crippen LogP contribution is 2.54. The van der Waals surface area contributed by atoms with E-state index in [1.807, 2.05) is 36.4 Å². The molecule has 0 spiro atoms. The molecule has 0 saturated heterocycles. The quantitative estimate of drug-likeness (QED) is 0.451. The number of hydrogen-bond donors (Lipinski definition) is 0.